The standard InChI is InChI=1S/C19H33N5O2/c1-4-16-15(17(5-2)26-24-16)13-22-19(20-6-3)21-12-11-18(25)23-14-9-7-8-10-14/h14H,4-13H2,1-3H3,(H,23,25)(H2,20,21,22). The van der Waals surface area contributed by atoms with E-state index in [-0.39, 0.29) is 5.91 Å². The normalized spacial score (nSPS) is 15.3. The second kappa shape index (κ2) is 10.8. The molecule has 1 aliphatic rings. The molecule has 0 saturated heterocycles. The van der Waals surface area contributed by atoms with Gasteiger partial charge >= 0.3 is 0 Å². The SMILES string of the molecule is CCNC(=NCc1c(CC)noc1CC)NCCC(=O)NC1CCCC1. The summed E-state index contributed by atoms with van der Waals surface area (Å²) in [6, 6.07) is 0.373. The molecule has 0 radical (unpaired) electrons. The minimum Gasteiger partial charge on any atom is -0.361 e. The van der Waals surface area contributed by atoms with Crippen LogP contribution in [0.2, 0.25) is 0 Å². The van der Waals surface area contributed by atoms with E-state index in [9.17, 15) is 4.79 Å². The van der Waals surface area contributed by atoms with Crippen LogP contribution in [0.25, 0.3) is 0 Å². The molecule has 0 aliphatic heterocycles. The van der Waals surface area contributed by atoms with Gasteiger partial charge in [0.15, 0.2) is 5.96 Å². The first-order valence-electron chi connectivity index (χ1n) is 9.95. The number of guanidine groups is 1. The van der Waals surface area contributed by atoms with Gasteiger partial charge in [-0.25, -0.2) is 4.99 Å². The molecule has 146 valence electrons. The Labute approximate surface area is 156 Å². The predicted octanol–water partition coefficient (Wildman–Crippen LogP) is 2.30. The van der Waals surface area contributed by atoms with Gasteiger partial charge in [0.05, 0.1) is 12.2 Å². The predicted molar refractivity (Wildman–Crippen MR) is 103 cm³/mol. The molecular formula is C19H33N5O2. The van der Waals surface area contributed by atoms with Crippen LogP contribution in [-0.4, -0.2) is 36.2 Å². The van der Waals surface area contributed by atoms with Crippen molar-refractivity contribution in [2.75, 3.05) is 13.1 Å². The molecule has 7 heteroatoms. The van der Waals surface area contributed by atoms with E-state index in [1.165, 1.54) is 12.8 Å². The van der Waals surface area contributed by atoms with Crippen molar-refractivity contribution < 1.29 is 9.32 Å². The van der Waals surface area contributed by atoms with Gasteiger partial charge in [0.1, 0.15) is 5.76 Å². The van der Waals surface area contributed by atoms with Gasteiger partial charge in [-0.2, -0.15) is 0 Å². The Morgan fingerprint density at radius 2 is 1.96 bits per heavy atom. The Balaban J connectivity index is 1.84. The van der Waals surface area contributed by atoms with E-state index in [1.54, 1.807) is 0 Å². The largest absolute Gasteiger partial charge is 0.361 e. The Hall–Kier alpha value is -2.05. The molecule has 0 unspecified atom stereocenters. The molecule has 1 fully saturated rings. The highest BCUT2D eigenvalue weighted by molar-refractivity contribution is 5.81. The van der Waals surface area contributed by atoms with Crippen molar-refractivity contribution in [3.63, 3.8) is 0 Å². The molecule has 0 aromatic carbocycles. The number of rotatable bonds is 9. The summed E-state index contributed by atoms with van der Waals surface area (Å²) >= 11 is 0. The number of aryl methyl sites for hydroxylation is 2. The van der Waals surface area contributed by atoms with E-state index in [2.05, 4.69) is 39.9 Å². The molecule has 1 aromatic heterocycles. The van der Waals surface area contributed by atoms with E-state index in [0.29, 0.717) is 31.5 Å². The van der Waals surface area contributed by atoms with Crippen molar-refractivity contribution in [2.45, 2.75) is 78.3 Å². The molecule has 1 heterocycles. The number of amides is 1. The fraction of sp³-hybridized carbons (Fsp3) is 0.737. The van der Waals surface area contributed by atoms with E-state index in [0.717, 1.165) is 49.2 Å². The number of aliphatic imine (C=N–C) groups is 1. The van der Waals surface area contributed by atoms with Gasteiger partial charge in [-0.3, -0.25) is 4.79 Å². The summed E-state index contributed by atoms with van der Waals surface area (Å²) in [6.45, 7) is 8.01. The van der Waals surface area contributed by atoms with Gasteiger partial charge in [-0.15, -0.1) is 0 Å². The summed E-state index contributed by atoms with van der Waals surface area (Å²) < 4.78 is 5.39. The van der Waals surface area contributed by atoms with E-state index in [4.69, 9.17) is 4.52 Å². The van der Waals surface area contributed by atoms with Crippen LogP contribution in [0.4, 0.5) is 0 Å². The number of carbonyl (C=O) groups is 1. The molecule has 7 nitrogen and oxygen atoms in total. The number of hydrogen-bond acceptors (Lipinski definition) is 4. The minimum absolute atomic E-state index is 0.112. The van der Waals surface area contributed by atoms with Crippen LogP contribution < -0.4 is 16.0 Å². The quantitative estimate of drug-likeness (QED) is 0.462. The van der Waals surface area contributed by atoms with Crippen molar-refractivity contribution in [2.24, 2.45) is 4.99 Å². The van der Waals surface area contributed by atoms with Crippen LogP contribution in [0.5, 0.6) is 0 Å². The third kappa shape index (κ3) is 6.04. The zero-order chi connectivity index (χ0) is 18.8. The van der Waals surface area contributed by atoms with Crippen LogP contribution in [0.15, 0.2) is 9.52 Å². The lowest BCUT2D eigenvalue weighted by Gasteiger charge is -2.14. The molecule has 0 spiro atoms. The topological polar surface area (TPSA) is 91.6 Å². The highest BCUT2D eigenvalue weighted by atomic mass is 16.5. The van der Waals surface area contributed by atoms with Gasteiger partial charge in [0.2, 0.25) is 5.91 Å². The number of nitrogens with one attached hydrogen (secondary N) is 3. The Morgan fingerprint density at radius 3 is 2.62 bits per heavy atom. The second-order valence-corrected chi connectivity index (χ2v) is 6.66. The monoisotopic (exact) mass is 363 g/mol. The van der Waals surface area contributed by atoms with Gasteiger partial charge in [-0.05, 0) is 26.2 Å². The first-order chi connectivity index (χ1) is 12.7. The summed E-state index contributed by atoms with van der Waals surface area (Å²) in [5.74, 6) is 1.73. The first-order valence-corrected chi connectivity index (χ1v) is 9.95. The average Bonchev–Trinajstić information content (AvgIpc) is 3.28. The van der Waals surface area contributed by atoms with Gasteiger partial charge in [-0.1, -0.05) is 31.8 Å². The fourth-order valence-electron chi connectivity index (χ4n) is 3.28. The number of carbonyl (C=O) groups excluding carboxylic acids is 1. The van der Waals surface area contributed by atoms with Crippen molar-refractivity contribution >= 4 is 11.9 Å². The molecular weight excluding hydrogens is 330 g/mol. The summed E-state index contributed by atoms with van der Waals surface area (Å²) in [5, 5.41) is 13.7. The highest BCUT2D eigenvalue weighted by Gasteiger charge is 2.17. The van der Waals surface area contributed by atoms with E-state index in [1.807, 2.05) is 6.92 Å². The van der Waals surface area contributed by atoms with Gasteiger partial charge in [0, 0.05) is 37.5 Å². The third-order valence-electron chi connectivity index (χ3n) is 4.71. The lowest BCUT2D eigenvalue weighted by molar-refractivity contribution is -0.121. The zero-order valence-corrected chi connectivity index (χ0v) is 16.4. The summed E-state index contributed by atoms with van der Waals surface area (Å²) in [5.41, 5.74) is 2.04. The first kappa shape index (κ1) is 20.3. The fourth-order valence-corrected chi connectivity index (χ4v) is 3.28. The number of nitrogens with zero attached hydrogens (tertiary/aromatic N) is 2. The molecule has 0 bridgehead atoms. The van der Waals surface area contributed by atoms with Crippen LogP contribution in [0, 0.1) is 0 Å². The van der Waals surface area contributed by atoms with Crippen molar-refractivity contribution in [3.8, 4) is 0 Å². The van der Waals surface area contributed by atoms with Gasteiger partial charge in [0.25, 0.3) is 0 Å². The maximum Gasteiger partial charge on any atom is 0.221 e. The number of aromatic nitrogens is 1. The lowest BCUT2D eigenvalue weighted by Crippen LogP contribution is -2.40. The zero-order valence-electron chi connectivity index (χ0n) is 16.4. The lowest BCUT2D eigenvalue weighted by atomic mass is 10.1. The maximum absolute atomic E-state index is 12.0. The third-order valence-corrected chi connectivity index (χ3v) is 4.71. The highest BCUT2D eigenvalue weighted by Crippen LogP contribution is 2.18. The van der Waals surface area contributed by atoms with Crippen LogP contribution in [0.1, 0.15) is 69.9 Å². The minimum atomic E-state index is 0.112. The molecule has 1 amide bonds. The van der Waals surface area contributed by atoms with Crippen LogP contribution >= 0.6 is 0 Å². The van der Waals surface area contributed by atoms with Crippen molar-refractivity contribution in [1.29, 1.82) is 0 Å². The molecule has 26 heavy (non-hydrogen) atoms. The Morgan fingerprint density at radius 1 is 1.19 bits per heavy atom. The van der Waals surface area contributed by atoms with Crippen LogP contribution in [-0.2, 0) is 24.2 Å². The number of hydrogen-bond donors (Lipinski definition) is 3. The molecule has 1 saturated carbocycles. The molecule has 1 aromatic rings. The average molecular weight is 364 g/mol. The summed E-state index contributed by atoms with van der Waals surface area (Å²) in [4.78, 5) is 16.7. The summed E-state index contributed by atoms with van der Waals surface area (Å²) in [7, 11) is 0. The van der Waals surface area contributed by atoms with E-state index >= 15 is 0 Å². The Kier molecular flexibility index (Phi) is 8.44. The maximum atomic E-state index is 12.0. The van der Waals surface area contributed by atoms with Crippen LogP contribution in [0.3, 0.4) is 0 Å². The van der Waals surface area contributed by atoms with Crippen molar-refractivity contribution in [3.05, 3.63) is 17.0 Å². The van der Waals surface area contributed by atoms with Crippen molar-refractivity contribution in [1.82, 2.24) is 21.1 Å². The van der Waals surface area contributed by atoms with Gasteiger partial charge < -0.3 is 20.5 Å². The Bertz CT molecular complexity index is 569. The smallest absolute Gasteiger partial charge is 0.221 e. The second-order valence-electron chi connectivity index (χ2n) is 6.66. The van der Waals surface area contributed by atoms with E-state index < -0.39 is 0 Å². The summed E-state index contributed by atoms with van der Waals surface area (Å²) in [6.07, 6.45) is 6.77. The molecule has 0 atom stereocenters. The molecule has 3 N–H and O–H groups in total. The molecule has 1 aliphatic carbocycles. The molecule has 2 rings (SSSR count).